The first-order valence-corrected chi connectivity index (χ1v) is 4.87. The van der Waals surface area contributed by atoms with Crippen LogP contribution in [0, 0.1) is 11.6 Å². The van der Waals surface area contributed by atoms with Gasteiger partial charge in [0.2, 0.25) is 5.78 Å². The van der Waals surface area contributed by atoms with Crippen molar-refractivity contribution in [1.82, 2.24) is 0 Å². The van der Waals surface area contributed by atoms with Crippen molar-refractivity contribution in [1.29, 1.82) is 0 Å². The van der Waals surface area contributed by atoms with Gasteiger partial charge in [-0.2, -0.15) is 4.79 Å². The van der Waals surface area contributed by atoms with Crippen LogP contribution in [0.1, 0.15) is 22.3 Å². The zero-order valence-electron chi connectivity index (χ0n) is 9.06. The number of aromatic carboxylic acids is 1. The van der Waals surface area contributed by atoms with Crippen molar-refractivity contribution >= 4 is 18.0 Å². The van der Waals surface area contributed by atoms with Gasteiger partial charge in [0.1, 0.15) is 11.6 Å². The summed E-state index contributed by atoms with van der Waals surface area (Å²) in [7, 11) is 0. The lowest BCUT2D eigenvalue weighted by molar-refractivity contribution is -0.116. The molecule has 0 saturated carbocycles. The molecule has 0 atom stereocenters. The van der Waals surface area contributed by atoms with Crippen molar-refractivity contribution in [2.24, 2.45) is 0 Å². The third-order valence-corrected chi connectivity index (χ3v) is 2.21. The Morgan fingerprint density at radius 1 is 1.33 bits per heavy atom. The van der Waals surface area contributed by atoms with E-state index in [0.717, 1.165) is 0 Å². The molecule has 94 valence electrons. The van der Waals surface area contributed by atoms with Crippen LogP contribution in [-0.2, 0) is 11.2 Å². The molecule has 0 amide bonds. The second kappa shape index (κ2) is 5.79. The van der Waals surface area contributed by atoms with Gasteiger partial charge in [0.15, 0.2) is 0 Å². The average Bonchev–Trinajstić information content (AvgIpc) is 2.27. The van der Waals surface area contributed by atoms with Crippen LogP contribution in [0.5, 0.6) is 0 Å². The zero-order chi connectivity index (χ0) is 13.7. The zero-order valence-corrected chi connectivity index (χ0v) is 9.06. The molecule has 18 heavy (non-hydrogen) atoms. The van der Waals surface area contributed by atoms with Crippen molar-refractivity contribution in [3.05, 3.63) is 40.4 Å². The predicted molar refractivity (Wildman–Crippen MR) is 56.3 cm³/mol. The van der Waals surface area contributed by atoms with Gasteiger partial charge >= 0.3 is 12.2 Å². The Labute approximate surface area is 100 Å². The Kier molecular flexibility index (Phi) is 4.39. The van der Waals surface area contributed by atoms with Gasteiger partial charge in [0, 0.05) is 12.0 Å². The van der Waals surface area contributed by atoms with Crippen molar-refractivity contribution in [3.63, 3.8) is 0 Å². The molecule has 0 spiro atoms. The minimum absolute atomic E-state index is 0.246. The lowest BCUT2D eigenvalue weighted by Gasteiger charge is -2.04. The molecule has 1 N–H and O–H groups in total. The minimum Gasteiger partial charge on any atom is -0.478 e. The summed E-state index contributed by atoms with van der Waals surface area (Å²) in [6, 6.07) is 1.37. The topological polar surface area (TPSA) is 90.8 Å². The Morgan fingerprint density at radius 3 is 2.33 bits per heavy atom. The molecule has 0 fully saturated rings. The summed E-state index contributed by atoms with van der Waals surface area (Å²) in [5, 5.41) is 8.58. The van der Waals surface area contributed by atoms with Crippen molar-refractivity contribution < 1.29 is 28.3 Å². The number of halogens is 2. The first-order chi connectivity index (χ1) is 8.45. The second-order valence-electron chi connectivity index (χ2n) is 3.43. The molecule has 0 heterocycles. The van der Waals surface area contributed by atoms with E-state index in [2.05, 4.69) is 4.79 Å². The average molecular weight is 254 g/mol. The number of carbonyl (C=O) groups is 2. The van der Waals surface area contributed by atoms with E-state index < -0.39 is 29.0 Å². The molecule has 0 aliphatic heterocycles. The number of carbonyl (C=O) groups excluding carboxylic acids is 1. The van der Waals surface area contributed by atoms with E-state index >= 15 is 0 Å². The fourth-order valence-corrected chi connectivity index (χ4v) is 1.34. The second-order valence-corrected chi connectivity index (χ2v) is 3.43. The molecule has 0 aliphatic carbocycles. The Morgan fingerprint density at radius 2 is 1.89 bits per heavy atom. The monoisotopic (exact) mass is 254 g/mol. The summed E-state index contributed by atoms with van der Waals surface area (Å²) >= 11 is 0. The molecular formula is C11H8F2N2O3. The van der Waals surface area contributed by atoms with Gasteiger partial charge in [0.05, 0.1) is 5.56 Å². The van der Waals surface area contributed by atoms with E-state index in [0.29, 0.717) is 18.3 Å². The quantitative estimate of drug-likeness (QED) is 0.490. The summed E-state index contributed by atoms with van der Waals surface area (Å²) in [4.78, 5) is 24.0. The van der Waals surface area contributed by atoms with Gasteiger partial charge in [-0.1, -0.05) is 0 Å². The van der Waals surface area contributed by atoms with Crippen LogP contribution < -0.4 is 0 Å². The van der Waals surface area contributed by atoms with Crippen molar-refractivity contribution in [3.8, 4) is 0 Å². The standard InChI is InChI=1S/C11H8F2N2O3/c12-9-3-6(11(17)18)4-10(13)8(9)2-1-7(16)5-15-14/h3-5H,1-2H2,(H,17,18). The van der Waals surface area contributed by atoms with E-state index in [-0.39, 0.29) is 18.4 Å². The number of Topliss-reactive ketones (excluding diaryl/α,β-unsaturated/α-hetero) is 1. The molecule has 7 heteroatoms. The highest BCUT2D eigenvalue weighted by molar-refractivity contribution is 6.25. The van der Waals surface area contributed by atoms with Crippen LogP contribution in [0.25, 0.3) is 5.53 Å². The van der Waals surface area contributed by atoms with Gasteiger partial charge < -0.3 is 10.6 Å². The van der Waals surface area contributed by atoms with Crippen LogP contribution in [0.2, 0.25) is 0 Å². The number of nitrogens with zero attached hydrogens (tertiary/aromatic N) is 2. The number of hydrogen-bond acceptors (Lipinski definition) is 2. The number of ketones is 1. The number of carboxylic acid groups (broad SMARTS) is 1. The lowest BCUT2D eigenvalue weighted by Crippen LogP contribution is -2.07. The molecule has 0 unspecified atom stereocenters. The lowest BCUT2D eigenvalue weighted by atomic mass is 10.0. The summed E-state index contributed by atoms with van der Waals surface area (Å²) in [5.41, 5.74) is 7.20. The highest BCUT2D eigenvalue weighted by Gasteiger charge is 2.15. The molecule has 1 aromatic carbocycles. The van der Waals surface area contributed by atoms with Crippen LogP contribution in [-0.4, -0.2) is 27.9 Å². The fourth-order valence-electron chi connectivity index (χ4n) is 1.34. The Bertz CT molecular complexity index is 528. The Balaban J connectivity index is 2.94. The highest BCUT2D eigenvalue weighted by atomic mass is 19.1. The van der Waals surface area contributed by atoms with Crippen LogP contribution >= 0.6 is 0 Å². The van der Waals surface area contributed by atoms with Gasteiger partial charge in [-0.05, 0) is 18.6 Å². The molecule has 0 saturated heterocycles. The van der Waals surface area contributed by atoms with Crippen LogP contribution in [0.4, 0.5) is 8.78 Å². The maximum Gasteiger partial charge on any atom is 0.335 e. The largest absolute Gasteiger partial charge is 0.478 e. The predicted octanol–water partition coefficient (Wildman–Crippen LogP) is 1.47. The summed E-state index contributed by atoms with van der Waals surface area (Å²) in [6.45, 7) is 0. The molecular weight excluding hydrogens is 246 g/mol. The fraction of sp³-hybridized carbons (Fsp3) is 0.182. The SMILES string of the molecule is [N-]=[N+]=CC(=O)CCc1c(F)cc(C(=O)O)cc1F. The smallest absolute Gasteiger partial charge is 0.335 e. The van der Waals surface area contributed by atoms with E-state index in [1.807, 2.05) is 0 Å². The van der Waals surface area contributed by atoms with Crippen LogP contribution in [0.15, 0.2) is 12.1 Å². The van der Waals surface area contributed by atoms with Crippen LogP contribution in [0.3, 0.4) is 0 Å². The third kappa shape index (κ3) is 3.29. The molecule has 1 aromatic rings. The van der Waals surface area contributed by atoms with E-state index in [9.17, 15) is 18.4 Å². The Hall–Kier alpha value is -2.40. The summed E-state index contributed by atoms with van der Waals surface area (Å²) < 4.78 is 26.8. The first-order valence-electron chi connectivity index (χ1n) is 4.87. The molecule has 0 aliphatic rings. The normalized spacial score (nSPS) is 9.67. The summed E-state index contributed by atoms with van der Waals surface area (Å²) in [6.07, 6.45) is 0.133. The van der Waals surface area contributed by atoms with Gasteiger partial charge in [0.25, 0.3) is 0 Å². The molecule has 0 aromatic heterocycles. The minimum atomic E-state index is -1.44. The maximum absolute atomic E-state index is 13.4. The molecule has 1 rings (SSSR count). The maximum atomic E-state index is 13.4. The molecule has 0 bridgehead atoms. The number of benzene rings is 1. The number of hydrogen-bond donors (Lipinski definition) is 1. The van der Waals surface area contributed by atoms with E-state index in [4.69, 9.17) is 10.6 Å². The van der Waals surface area contributed by atoms with E-state index in [1.165, 1.54) is 0 Å². The molecule has 5 nitrogen and oxygen atoms in total. The van der Waals surface area contributed by atoms with Crippen molar-refractivity contribution in [2.45, 2.75) is 12.8 Å². The third-order valence-electron chi connectivity index (χ3n) is 2.21. The summed E-state index contributed by atoms with van der Waals surface area (Å²) in [5.74, 6) is -4.09. The van der Waals surface area contributed by atoms with Gasteiger partial charge in [-0.15, -0.1) is 0 Å². The molecule has 0 radical (unpaired) electrons. The first kappa shape index (κ1) is 13.7. The van der Waals surface area contributed by atoms with E-state index in [1.54, 1.807) is 0 Å². The number of carboxylic acids is 1. The van der Waals surface area contributed by atoms with Gasteiger partial charge in [-0.3, -0.25) is 4.79 Å². The van der Waals surface area contributed by atoms with Gasteiger partial charge in [-0.25, -0.2) is 13.6 Å². The van der Waals surface area contributed by atoms with Crippen molar-refractivity contribution in [2.75, 3.05) is 0 Å². The number of rotatable bonds is 5. The highest BCUT2D eigenvalue weighted by Crippen LogP contribution is 2.17.